The number of nitrogens with one attached hydrogen (secondary N) is 2. The van der Waals surface area contributed by atoms with Crippen molar-refractivity contribution in [3.8, 4) is 0 Å². The molecule has 0 atom stereocenters. The fraction of sp³-hybridized carbons (Fsp3) is 0.273. The lowest BCUT2D eigenvalue weighted by atomic mass is 10.1. The fourth-order valence-electron chi connectivity index (χ4n) is 1.31. The van der Waals surface area contributed by atoms with E-state index < -0.39 is 5.91 Å². The number of hydrazine groups is 1. The highest BCUT2D eigenvalue weighted by Gasteiger charge is 2.09. The summed E-state index contributed by atoms with van der Waals surface area (Å²) in [4.78, 5) is 22.2. The van der Waals surface area contributed by atoms with Crippen LogP contribution in [0.25, 0.3) is 0 Å². The molecule has 0 unspecified atom stereocenters. The molecule has 1 aromatic rings. The molecule has 0 aliphatic heterocycles. The maximum atomic E-state index is 11.8. The molecule has 7 heteroatoms. The van der Waals surface area contributed by atoms with Crippen LogP contribution in [-0.2, 0) is 9.53 Å². The first-order valence-corrected chi connectivity index (χ1v) is 5.35. The van der Waals surface area contributed by atoms with Gasteiger partial charge in [0.05, 0.1) is 17.9 Å². The minimum Gasteiger partial charge on any atom is -0.370 e. The Kier molecular flexibility index (Phi) is 5.62. The van der Waals surface area contributed by atoms with E-state index in [9.17, 15) is 9.59 Å². The summed E-state index contributed by atoms with van der Waals surface area (Å²) >= 11 is 0. The zero-order valence-corrected chi connectivity index (χ0v) is 9.81. The van der Waals surface area contributed by atoms with Gasteiger partial charge in [-0.1, -0.05) is 12.1 Å². The first kappa shape index (κ1) is 13.9. The molecule has 1 rings (SSSR count). The van der Waals surface area contributed by atoms with E-state index in [1.54, 1.807) is 24.3 Å². The van der Waals surface area contributed by atoms with E-state index in [2.05, 4.69) is 10.7 Å². The average Bonchev–Trinajstić information content (AvgIpc) is 2.37. The van der Waals surface area contributed by atoms with E-state index in [0.29, 0.717) is 11.3 Å². The molecular weight excluding hydrogens is 236 g/mol. The first-order valence-electron chi connectivity index (χ1n) is 5.35. The van der Waals surface area contributed by atoms with Crippen LogP contribution in [0, 0.1) is 0 Å². The number of carbonyl (C=O) groups is 2. The second kappa shape index (κ2) is 7.25. The second-order valence-electron chi connectivity index (χ2n) is 3.46. The molecule has 0 aliphatic carbocycles. The Bertz CT molecular complexity index is 423. The zero-order valence-electron chi connectivity index (χ0n) is 9.81. The van der Waals surface area contributed by atoms with Gasteiger partial charge < -0.3 is 21.2 Å². The van der Waals surface area contributed by atoms with Gasteiger partial charge in [-0.15, -0.1) is 0 Å². The van der Waals surface area contributed by atoms with Crippen LogP contribution in [0.5, 0.6) is 0 Å². The summed E-state index contributed by atoms with van der Waals surface area (Å²) in [6.07, 6.45) is 0. The minimum atomic E-state index is -0.543. The summed E-state index contributed by atoms with van der Waals surface area (Å²) in [7, 11) is 0. The molecule has 0 aliphatic rings. The Morgan fingerprint density at radius 3 is 2.67 bits per heavy atom. The maximum absolute atomic E-state index is 11.8. The summed E-state index contributed by atoms with van der Waals surface area (Å²) in [5, 5.41) is 2.64. The van der Waals surface area contributed by atoms with Crippen molar-refractivity contribution in [3.05, 3.63) is 29.8 Å². The number of para-hydroxylation sites is 1. The van der Waals surface area contributed by atoms with Crippen LogP contribution in [0.3, 0.4) is 0 Å². The molecule has 6 N–H and O–H groups in total. The fourth-order valence-corrected chi connectivity index (χ4v) is 1.31. The Labute approximate surface area is 104 Å². The van der Waals surface area contributed by atoms with Crippen LogP contribution in [0.4, 0.5) is 5.69 Å². The number of primary amides is 1. The lowest BCUT2D eigenvalue weighted by molar-refractivity contribution is -0.122. The van der Waals surface area contributed by atoms with Crippen molar-refractivity contribution in [3.63, 3.8) is 0 Å². The quantitative estimate of drug-likeness (QED) is 0.288. The predicted molar refractivity (Wildman–Crippen MR) is 66.6 cm³/mol. The number of hydrogen-bond donors (Lipinski definition) is 4. The number of ether oxygens (including phenoxy) is 1. The summed E-state index contributed by atoms with van der Waals surface area (Å²) in [5.74, 6) is 4.48. The van der Waals surface area contributed by atoms with Gasteiger partial charge in [0.25, 0.3) is 5.91 Å². The Hall–Kier alpha value is -2.12. The largest absolute Gasteiger partial charge is 0.370 e. The van der Waals surface area contributed by atoms with Gasteiger partial charge in [0.15, 0.2) is 0 Å². The normalized spacial score (nSPS) is 9.83. The van der Waals surface area contributed by atoms with Crippen molar-refractivity contribution in [2.24, 2.45) is 11.6 Å². The van der Waals surface area contributed by atoms with Gasteiger partial charge in [-0.3, -0.25) is 15.4 Å². The molecule has 0 radical (unpaired) electrons. The predicted octanol–water partition coefficient (Wildman–Crippen LogP) is -0.796. The third-order valence-electron chi connectivity index (χ3n) is 2.10. The molecule has 1 aromatic carbocycles. The van der Waals surface area contributed by atoms with E-state index in [-0.39, 0.29) is 25.7 Å². The molecule has 0 bridgehead atoms. The summed E-state index contributed by atoms with van der Waals surface area (Å²) in [5.41, 5.74) is 8.30. The zero-order chi connectivity index (χ0) is 13.4. The van der Waals surface area contributed by atoms with Crippen LogP contribution in [-0.4, -0.2) is 31.6 Å². The van der Waals surface area contributed by atoms with Crippen molar-refractivity contribution >= 4 is 17.5 Å². The summed E-state index contributed by atoms with van der Waals surface area (Å²) in [6.45, 7) is 0.342. The van der Waals surface area contributed by atoms with Crippen LogP contribution in [0.15, 0.2) is 24.3 Å². The van der Waals surface area contributed by atoms with E-state index in [0.717, 1.165) is 0 Å². The molecule has 7 nitrogen and oxygen atoms in total. The molecule has 0 heterocycles. The highest BCUT2D eigenvalue weighted by molar-refractivity contribution is 5.99. The standard InChI is InChI=1S/C11H16N4O3/c12-10(16)7-18-6-5-14-11(17)8-3-1-2-4-9(8)15-13/h1-4,15H,5-7,13H2,(H2,12,16)(H,14,17). The van der Waals surface area contributed by atoms with Gasteiger partial charge in [-0.2, -0.15) is 0 Å². The van der Waals surface area contributed by atoms with E-state index in [1.165, 1.54) is 0 Å². The van der Waals surface area contributed by atoms with Gasteiger partial charge in [-0.25, -0.2) is 0 Å². The van der Waals surface area contributed by atoms with Gasteiger partial charge in [-0.05, 0) is 12.1 Å². The van der Waals surface area contributed by atoms with Crippen LogP contribution in [0.2, 0.25) is 0 Å². The number of nitrogen functional groups attached to an aromatic ring is 1. The Morgan fingerprint density at radius 1 is 1.28 bits per heavy atom. The van der Waals surface area contributed by atoms with E-state index in [1.807, 2.05) is 0 Å². The third kappa shape index (κ3) is 4.40. The Balaban J connectivity index is 2.38. The van der Waals surface area contributed by atoms with Crippen LogP contribution in [0.1, 0.15) is 10.4 Å². The minimum absolute atomic E-state index is 0.156. The topological polar surface area (TPSA) is 119 Å². The van der Waals surface area contributed by atoms with Gasteiger partial charge in [0.2, 0.25) is 5.91 Å². The molecule has 0 aromatic heterocycles. The van der Waals surface area contributed by atoms with Crippen LogP contribution >= 0.6 is 0 Å². The Morgan fingerprint density at radius 2 is 2.00 bits per heavy atom. The van der Waals surface area contributed by atoms with Crippen molar-refractivity contribution in [1.82, 2.24) is 5.32 Å². The maximum Gasteiger partial charge on any atom is 0.253 e. The smallest absolute Gasteiger partial charge is 0.253 e. The van der Waals surface area contributed by atoms with Gasteiger partial charge in [0, 0.05) is 6.54 Å². The molecule has 0 saturated heterocycles. The molecule has 0 fully saturated rings. The van der Waals surface area contributed by atoms with Crippen molar-refractivity contribution in [1.29, 1.82) is 0 Å². The van der Waals surface area contributed by atoms with Crippen molar-refractivity contribution < 1.29 is 14.3 Å². The summed E-state index contributed by atoms with van der Waals surface area (Å²) in [6, 6.07) is 6.84. The van der Waals surface area contributed by atoms with E-state index >= 15 is 0 Å². The van der Waals surface area contributed by atoms with Gasteiger partial charge in [0.1, 0.15) is 6.61 Å². The number of anilines is 1. The molecule has 0 saturated carbocycles. The highest BCUT2D eigenvalue weighted by atomic mass is 16.5. The molecule has 18 heavy (non-hydrogen) atoms. The number of benzene rings is 1. The van der Waals surface area contributed by atoms with Gasteiger partial charge >= 0.3 is 0 Å². The third-order valence-corrected chi connectivity index (χ3v) is 2.10. The van der Waals surface area contributed by atoms with E-state index in [4.69, 9.17) is 16.3 Å². The first-order chi connectivity index (χ1) is 8.65. The lowest BCUT2D eigenvalue weighted by Gasteiger charge is -2.09. The number of amides is 2. The average molecular weight is 252 g/mol. The molecule has 2 amide bonds. The molecule has 98 valence electrons. The SMILES string of the molecule is NNc1ccccc1C(=O)NCCOCC(N)=O. The number of rotatable bonds is 7. The van der Waals surface area contributed by atoms with Crippen molar-refractivity contribution in [2.45, 2.75) is 0 Å². The van der Waals surface area contributed by atoms with Crippen molar-refractivity contribution in [2.75, 3.05) is 25.2 Å². The number of nitrogens with two attached hydrogens (primary N) is 2. The molecular formula is C11H16N4O3. The summed E-state index contributed by atoms with van der Waals surface area (Å²) < 4.78 is 4.91. The molecule has 0 spiro atoms. The highest BCUT2D eigenvalue weighted by Crippen LogP contribution is 2.12. The monoisotopic (exact) mass is 252 g/mol. The van der Waals surface area contributed by atoms with Crippen LogP contribution < -0.4 is 22.3 Å². The number of hydrogen-bond acceptors (Lipinski definition) is 5. The lowest BCUT2D eigenvalue weighted by Crippen LogP contribution is -2.29. The second-order valence-corrected chi connectivity index (χ2v) is 3.46. The number of carbonyl (C=O) groups excluding carboxylic acids is 2.